The second kappa shape index (κ2) is 5.86. The Hall–Kier alpha value is -1.84. The summed E-state index contributed by atoms with van der Waals surface area (Å²) in [7, 11) is 0. The van der Waals surface area contributed by atoms with E-state index in [-0.39, 0.29) is 33.8 Å². The van der Waals surface area contributed by atoms with Gasteiger partial charge in [0.05, 0.1) is 11.4 Å². The van der Waals surface area contributed by atoms with E-state index in [4.69, 9.17) is 11.5 Å². The fraction of sp³-hybridized carbons (Fsp3) is 0.619. The molecule has 0 spiro atoms. The van der Waals surface area contributed by atoms with Gasteiger partial charge >= 0.3 is 0 Å². The first-order valence-electron chi connectivity index (χ1n) is 9.34. The Morgan fingerprint density at radius 2 is 1.92 bits per heavy atom. The molecule has 0 radical (unpaired) electrons. The van der Waals surface area contributed by atoms with Gasteiger partial charge in [-0.1, -0.05) is 32.9 Å². The van der Waals surface area contributed by atoms with Crippen molar-refractivity contribution in [3.8, 4) is 0 Å². The molecule has 0 heterocycles. The number of allylic oxidation sites excluding steroid dienone is 3. The lowest BCUT2D eigenvalue weighted by molar-refractivity contribution is -0.117. The number of ketones is 2. The average Bonchev–Trinajstić information content (AvgIpc) is 2.56. The molecule has 0 aromatic rings. The summed E-state index contributed by atoms with van der Waals surface area (Å²) < 4.78 is 0. The molecule has 0 aromatic heterocycles. The minimum atomic E-state index is -0.338. The number of nitrogens with two attached hydrogens (primary N) is 2. The van der Waals surface area contributed by atoms with Crippen molar-refractivity contribution in [2.24, 2.45) is 34.1 Å². The van der Waals surface area contributed by atoms with Crippen molar-refractivity contribution < 1.29 is 9.59 Å². The number of carbonyl (C=O) groups excluding carboxylic acids is 2. The molecule has 136 valence electrons. The minimum Gasteiger partial charge on any atom is -0.395 e. The smallest absolute Gasteiger partial charge is 0.206 e. The van der Waals surface area contributed by atoms with Gasteiger partial charge in [-0.2, -0.15) is 0 Å². The molecule has 0 aromatic carbocycles. The maximum Gasteiger partial charge on any atom is 0.206 e. The second-order valence-corrected chi connectivity index (χ2v) is 8.77. The fourth-order valence-corrected chi connectivity index (χ4v) is 5.55. The lowest BCUT2D eigenvalue weighted by Gasteiger charge is -2.59. The van der Waals surface area contributed by atoms with Gasteiger partial charge in [-0.25, -0.2) is 0 Å². The highest BCUT2D eigenvalue weighted by molar-refractivity contribution is 6.21. The number of hydrogen-bond acceptors (Lipinski definition) is 4. The van der Waals surface area contributed by atoms with Crippen LogP contribution in [0.2, 0.25) is 0 Å². The van der Waals surface area contributed by atoms with Crippen LogP contribution < -0.4 is 11.5 Å². The lowest BCUT2D eigenvalue weighted by atomic mass is 9.46. The molecule has 0 amide bonds. The Morgan fingerprint density at radius 1 is 1.24 bits per heavy atom. The maximum absolute atomic E-state index is 12.6. The van der Waals surface area contributed by atoms with Gasteiger partial charge < -0.3 is 11.5 Å². The average molecular weight is 342 g/mol. The number of Topliss-reactive ketones (excluding diaryl/α,β-unsaturated/α-hetero) is 1. The summed E-state index contributed by atoms with van der Waals surface area (Å²) in [5.74, 6) is 0.287. The first-order valence-corrected chi connectivity index (χ1v) is 9.34. The molecule has 2 fully saturated rings. The minimum absolute atomic E-state index is 0.0112. The summed E-state index contributed by atoms with van der Waals surface area (Å²) in [6.07, 6.45) is 7.30. The van der Waals surface area contributed by atoms with Crippen LogP contribution in [0.25, 0.3) is 0 Å². The van der Waals surface area contributed by atoms with E-state index in [9.17, 15) is 9.59 Å². The largest absolute Gasteiger partial charge is 0.395 e. The summed E-state index contributed by atoms with van der Waals surface area (Å²) in [6.45, 7) is 11.2. The van der Waals surface area contributed by atoms with E-state index in [0.717, 1.165) is 38.2 Å². The van der Waals surface area contributed by atoms with Gasteiger partial charge in [0.1, 0.15) is 0 Å². The van der Waals surface area contributed by atoms with Crippen LogP contribution in [0.15, 0.2) is 35.2 Å². The highest BCUT2D eigenvalue weighted by Crippen LogP contribution is 2.63. The number of hydrogen-bond donors (Lipinski definition) is 2. The third-order valence-corrected chi connectivity index (χ3v) is 7.54. The molecule has 0 saturated heterocycles. The van der Waals surface area contributed by atoms with Crippen LogP contribution in [0.3, 0.4) is 0 Å². The predicted molar refractivity (Wildman–Crippen MR) is 99.2 cm³/mol. The molecule has 0 aliphatic heterocycles. The molecule has 25 heavy (non-hydrogen) atoms. The zero-order chi connectivity index (χ0) is 18.6. The van der Waals surface area contributed by atoms with Crippen molar-refractivity contribution in [2.75, 3.05) is 0 Å². The van der Waals surface area contributed by atoms with Crippen molar-refractivity contribution >= 4 is 11.6 Å². The third kappa shape index (κ3) is 2.57. The van der Waals surface area contributed by atoms with Crippen LogP contribution >= 0.6 is 0 Å². The molecule has 4 nitrogen and oxygen atoms in total. The SMILES string of the molecule is C=C1CCCC2C1(C)CCC(C)C2(C)CC1=C(N)C(=O)C=C(N)C1=O. The Balaban J connectivity index is 2.02. The van der Waals surface area contributed by atoms with Crippen molar-refractivity contribution in [3.63, 3.8) is 0 Å². The van der Waals surface area contributed by atoms with E-state index < -0.39 is 0 Å². The van der Waals surface area contributed by atoms with Crippen molar-refractivity contribution in [3.05, 3.63) is 35.2 Å². The Kier molecular flexibility index (Phi) is 4.21. The van der Waals surface area contributed by atoms with Crippen molar-refractivity contribution in [2.45, 2.75) is 59.3 Å². The predicted octanol–water partition coefficient (Wildman–Crippen LogP) is 3.38. The Labute approximate surface area is 150 Å². The summed E-state index contributed by atoms with van der Waals surface area (Å²) in [6, 6.07) is 0. The molecule has 4 unspecified atom stereocenters. The van der Waals surface area contributed by atoms with Crippen molar-refractivity contribution in [1.29, 1.82) is 0 Å². The maximum atomic E-state index is 12.6. The van der Waals surface area contributed by atoms with E-state index in [0.29, 0.717) is 23.8 Å². The molecule has 3 aliphatic carbocycles. The van der Waals surface area contributed by atoms with Crippen molar-refractivity contribution in [1.82, 2.24) is 0 Å². The molecular formula is C21H30N2O2. The Bertz CT molecular complexity index is 717. The van der Waals surface area contributed by atoms with Gasteiger partial charge in [0, 0.05) is 11.6 Å². The van der Waals surface area contributed by atoms with Crippen LogP contribution in [0.1, 0.15) is 59.3 Å². The van der Waals surface area contributed by atoms with Gasteiger partial charge in [0.2, 0.25) is 11.6 Å². The number of rotatable bonds is 2. The molecule has 3 aliphatic rings. The summed E-state index contributed by atoms with van der Waals surface area (Å²) >= 11 is 0. The normalized spacial score (nSPS) is 39.3. The van der Waals surface area contributed by atoms with Gasteiger partial charge in [0.25, 0.3) is 0 Å². The van der Waals surface area contributed by atoms with Gasteiger partial charge in [-0.3, -0.25) is 9.59 Å². The lowest BCUT2D eigenvalue weighted by Crippen LogP contribution is -2.51. The molecule has 3 rings (SSSR count). The molecule has 0 bridgehead atoms. The highest BCUT2D eigenvalue weighted by atomic mass is 16.1. The zero-order valence-corrected chi connectivity index (χ0v) is 15.7. The molecule has 4 atom stereocenters. The van der Waals surface area contributed by atoms with Crippen LogP contribution in [-0.2, 0) is 9.59 Å². The first kappa shape index (κ1) is 18.0. The molecule has 2 saturated carbocycles. The number of carbonyl (C=O) groups is 2. The second-order valence-electron chi connectivity index (χ2n) is 8.77. The quantitative estimate of drug-likeness (QED) is 0.595. The first-order chi connectivity index (χ1) is 11.6. The third-order valence-electron chi connectivity index (χ3n) is 7.54. The molecule has 4 N–H and O–H groups in total. The van der Waals surface area contributed by atoms with E-state index in [1.807, 2.05) is 0 Å². The van der Waals surface area contributed by atoms with Crippen LogP contribution in [0.4, 0.5) is 0 Å². The van der Waals surface area contributed by atoms with E-state index in [2.05, 4.69) is 27.4 Å². The summed E-state index contributed by atoms with van der Waals surface area (Å²) in [5, 5.41) is 0. The topological polar surface area (TPSA) is 86.2 Å². The molecule has 4 heteroatoms. The van der Waals surface area contributed by atoms with E-state index >= 15 is 0 Å². The summed E-state index contributed by atoms with van der Waals surface area (Å²) in [4.78, 5) is 24.7. The standard InChI is InChI=1S/C21H30N2O2/c1-12-6-5-7-17-20(12,3)9-8-13(2)21(17,4)11-14-18(23)16(24)10-15(22)19(14)25/h10,13,17H,1,5-9,11,22-23H2,2-4H3. The van der Waals surface area contributed by atoms with E-state index in [1.165, 1.54) is 5.57 Å². The monoisotopic (exact) mass is 342 g/mol. The van der Waals surface area contributed by atoms with Crippen LogP contribution in [0, 0.1) is 22.7 Å². The Morgan fingerprint density at radius 3 is 2.60 bits per heavy atom. The van der Waals surface area contributed by atoms with Gasteiger partial charge in [-0.05, 0) is 61.2 Å². The van der Waals surface area contributed by atoms with Gasteiger partial charge in [-0.15, -0.1) is 0 Å². The van der Waals surface area contributed by atoms with Crippen LogP contribution in [-0.4, -0.2) is 11.6 Å². The highest BCUT2D eigenvalue weighted by Gasteiger charge is 2.54. The zero-order valence-electron chi connectivity index (χ0n) is 15.7. The van der Waals surface area contributed by atoms with Gasteiger partial charge in [0.15, 0.2) is 0 Å². The molecular weight excluding hydrogens is 312 g/mol. The number of fused-ring (bicyclic) bond motifs is 1. The summed E-state index contributed by atoms with van der Waals surface area (Å²) in [5.41, 5.74) is 13.7. The van der Waals surface area contributed by atoms with Crippen LogP contribution in [0.5, 0.6) is 0 Å². The van der Waals surface area contributed by atoms with E-state index in [1.54, 1.807) is 0 Å². The fourth-order valence-electron chi connectivity index (χ4n) is 5.55.